The molecule has 3 rings (SSSR count). The molecule has 19 heavy (non-hydrogen) atoms. The minimum absolute atomic E-state index is 0.227. The molecule has 98 valence electrons. The van der Waals surface area contributed by atoms with Crippen LogP contribution in [0.4, 0.5) is 0 Å². The van der Waals surface area contributed by atoms with E-state index in [4.69, 9.17) is 4.74 Å². The molecule has 0 saturated carbocycles. The molecule has 1 aliphatic heterocycles. The molecule has 1 aromatic heterocycles. The number of carbonyl (C=O) groups is 1. The summed E-state index contributed by atoms with van der Waals surface area (Å²) < 4.78 is 5.34. The van der Waals surface area contributed by atoms with Gasteiger partial charge in [-0.25, -0.2) is 0 Å². The van der Waals surface area contributed by atoms with Gasteiger partial charge in [-0.1, -0.05) is 18.2 Å². The van der Waals surface area contributed by atoms with E-state index >= 15 is 0 Å². The van der Waals surface area contributed by atoms with Crippen molar-refractivity contribution in [2.45, 2.75) is 19.3 Å². The molecule has 0 aliphatic carbocycles. The second-order valence-electron chi connectivity index (χ2n) is 5.06. The molecule has 2 aromatic rings. The van der Waals surface area contributed by atoms with Crippen molar-refractivity contribution in [2.24, 2.45) is 5.92 Å². The maximum atomic E-state index is 12.5. The Morgan fingerprint density at radius 2 is 2.05 bits per heavy atom. The van der Waals surface area contributed by atoms with Crippen molar-refractivity contribution in [3.05, 3.63) is 42.1 Å². The number of hydrogen-bond acceptors (Lipinski definition) is 3. The maximum Gasteiger partial charge on any atom is 0.163 e. The zero-order valence-corrected chi connectivity index (χ0v) is 10.8. The first kappa shape index (κ1) is 12.3. The number of carbonyl (C=O) groups excluding carboxylic acids is 1. The number of rotatable bonds is 3. The normalized spacial score (nSPS) is 16.6. The Morgan fingerprint density at radius 1 is 1.21 bits per heavy atom. The molecule has 1 aliphatic rings. The molecule has 0 radical (unpaired) electrons. The number of fused-ring (bicyclic) bond motifs is 1. The summed E-state index contributed by atoms with van der Waals surface area (Å²) in [6, 6.07) is 9.62. The van der Waals surface area contributed by atoms with E-state index in [1.807, 2.05) is 30.3 Å². The molecule has 0 amide bonds. The summed E-state index contributed by atoms with van der Waals surface area (Å²) in [6.07, 6.45) is 4.37. The molecule has 0 spiro atoms. The third-order valence-corrected chi connectivity index (χ3v) is 3.76. The van der Waals surface area contributed by atoms with Gasteiger partial charge in [0, 0.05) is 36.8 Å². The van der Waals surface area contributed by atoms with Crippen LogP contribution in [0.25, 0.3) is 10.9 Å². The standard InChI is InChI=1S/C16H17NO2/c18-16(11-12-6-9-19-10-7-12)14-3-1-5-15-13(14)4-2-8-17-15/h1-5,8,12H,6-7,9-11H2. The largest absolute Gasteiger partial charge is 0.381 e. The number of ketones is 1. The lowest BCUT2D eigenvalue weighted by Crippen LogP contribution is -2.18. The van der Waals surface area contributed by atoms with Gasteiger partial charge in [0.1, 0.15) is 0 Å². The molecule has 1 aromatic carbocycles. The summed E-state index contributed by atoms with van der Waals surface area (Å²) in [4.78, 5) is 16.8. The van der Waals surface area contributed by atoms with Crippen molar-refractivity contribution >= 4 is 16.7 Å². The van der Waals surface area contributed by atoms with E-state index in [0.717, 1.165) is 42.5 Å². The van der Waals surface area contributed by atoms with Crippen LogP contribution in [-0.4, -0.2) is 24.0 Å². The van der Waals surface area contributed by atoms with Gasteiger partial charge in [0.05, 0.1) is 5.52 Å². The minimum atomic E-state index is 0.227. The highest BCUT2D eigenvalue weighted by molar-refractivity contribution is 6.07. The number of pyridine rings is 1. The number of nitrogens with zero attached hydrogens (tertiary/aromatic N) is 1. The molecule has 0 bridgehead atoms. The van der Waals surface area contributed by atoms with E-state index < -0.39 is 0 Å². The summed E-state index contributed by atoms with van der Waals surface area (Å²) >= 11 is 0. The Bertz CT molecular complexity index is 583. The lowest BCUT2D eigenvalue weighted by molar-refractivity contribution is 0.0601. The van der Waals surface area contributed by atoms with Crippen LogP contribution in [0, 0.1) is 5.92 Å². The fourth-order valence-electron chi connectivity index (χ4n) is 2.67. The van der Waals surface area contributed by atoms with Crippen molar-refractivity contribution in [2.75, 3.05) is 13.2 Å². The van der Waals surface area contributed by atoms with Crippen LogP contribution in [0.5, 0.6) is 0 Å². The van der Waals surface area contributed by atoms with Crippen LogP contribution in [0.1, 0.15) is 29.6 Å². The Morgan fingerprint density at radius 3 is 2.89 bits per heavy atom. The van der Waals surface area contributed by atoms with Crippen molar-refractivity contribution in [1.82, 2.24) is 4.98 Å². The second-order valence-corrected chi connectivity index (χ2v) is 5.06. The highest BCUT2D eigenvalue weighted by Crippen LogP contribution is 2.24. The smallest absolute Gasteiger partial charge is 0.163 e. The first-order chi connectivity index (χ1) is 9.34. The van der Waals surface area contributed by atoms with E-state index in [2.05, 4.69) is 4.98 Å². The monoisotopic (exact) mass is 255 g/mol. The van der Waals surface area contributed by atoms with Gasteiger partial charge in [-0.15, -0.1) is 0 Å². The molecule has 0 atom stereocenters. The molecule has 3 nitrogen and oxygen atoms in total. The van der Waals surface area contributed by atoms with Gasteiger partial charge >= 0.3 is 0 Å². The SMILES string of the molecule is O=C(CC1CCOCC1)c1cccc2ncccc12. The van der Waals surface area contributed by atoms with Crippen LogP contribution in [0.3, 0.4) is 0 Å². The average Bonchev–Trinajstić information content (AvgIpc) is 2.47. The van der Waals surface area contributed by atoms with Gasteiger partial charge in [-0.2, -0.15) is 0 Å². The number of Topliss-reactive ketones (excluding diaryl/α,β-unsaturated/α-hetero) is 1. The summed E-state index contributed by atoms with van der Waals surface area (Å²) in [6.45, 7) is 1.57. The van der Waals surface area contributed by atoms with Crippen molar-refractivity contribution in [3.63, 3.8) is 0 Å². The molecule has 1 fully saturated rings. The third-order valence-electron chi connectivity index (χ3n) is 3.76. The number of aromatic nitrogens is 1. The molecule has 3 heteroatoms. The third kappa shape index (κ3) is 2.66. The van der Waals surface area contributed by atoms with E-state index in [0.29, 0.717) is 12.3 Å². The van der Waals surface area contributed by atoms with Gasteiger partial charge < -0.3 is 4.74 Å². The first-order valence-corrected chi connectivity index (χ1v) is 6.79. The quantitative estimate of drug-likeness (QED) is 0.790. The molecular weight excluding hydrogens is 238 g/mol. The van der Waals surface area contributed by atoms with E-state index in [9.17, 15) is 4.79 Å². The van der Waals surface area contributed by atoms with E-state index in [1.54, 1.807) is 6.20 Å². The lowest BCUT2D eigenvalue weighted by Gasteiger charge is -2.21. The van der Waals surface area contributed by atoms with Gasteiger partial charge in [0.2, 0.25) is 0 Å². The fourth-order valence-corrected chi connectivity index (χ4v) is 2.67. The molecule has 2 heterocycles. The Balaban J connectivity index is 1.85. The Kier molecular flexibility index (Phi) is 3.56. The van der Waals surface area contributed by atoms with Gasteiger partial charge in [-0.3, -0.25) is 9.78 Å². The predicted molar refractivity (Wildman–Crippen MR) is 74.2 cm³/mol. The molecule has 1 saturated heterocycles. The van der Waals surface area contributed by atoms with Gasteiger partial charge in [0.15, 0.2) is 5.78 Å². The second kappa shape index (κ2) is 5.49. The van der Waals surface area contributed by atoms with E-state index in [-0.39, 0.29) is 5.78 Å². The van der Waals surface area contributed by atoms with Crippen LogP contribution < -0.4 is 0 Å². The van der Waals surface area contributed by atoms with Crippen LogP contribution in [0.15, 0.2) is 36.5 Å². The van der Waals surface area contributed by atoms with Crippen molar-refractivity contribution in [3.8, 4) is 0 Å². The van der Waals surface area contributed by atoms with Crippen LogP contribution in [-0.2, 0) is 4.74 Å². The lowest BCUT2D eigenvalue weighted by atomic mass is 9.91. The Hall–Kier alpha value is -1.74. The number of ether oxygens (including phenoxy) is 1. The first-order valence-electron chi connectivity index (χ1n) is 6.79. The number of benzene rings is 1. The van der Waals surface area contributed by atoms with Gasteiger partial charge in [0.25, 0.3) is 0 Å². The van der Waals surface area contributed by atoms with Crippen LogP contribution >= 0.6 is 0 Å². The highest BCUT2D eigenvalue weighted by atomic mass is 16.5. The number of hydrogen-bond donors (Lipinski definition) is 0. The Labute approximate surface area is 112 Å². The van der Waals surface area contributed by atoms with Crippen molar-refractivity contribution < 1.29 is 9.53 Å². The average molecular weight is 255 g/mol. The minimum Gasteiger partial charge on any atom is -0.381 e. The maximum absolute atomic E-state index is 12.5. The zero-order chi connectivity index (χ0) is 13.1. The van der Waals surface area contributed by atoms with Gasteiger partial charge in [-0.05, 0) is 30.9 Å². The summed E-state index contributed by atoms with van der Waals surface area (Å²) in [5.74, 6) is 0.693. The molecule has 0 N–H and O–H groups in total. The fraction of sp³-hybridized carbons (Fsp3) is 0.375. The summed E-state index contributed by atoms with van der Waals surface area (Å²) in [7, 11) is 0. The van der Waals surface area contributed by atoms with Crippen molar-refractivity contribution in [1.29, 1.82) is 0 Å². The highest BCUT2D eigenvalue weighted by Gasteiger charge is 2.19. The molecular formula is C16H17NO2. The summed E-state index contributed by atoms with van der Waals surface area (Å²) in [5, 5.41) is 0.960. The van der Waals surface area contributed by atoms with E-state index in [1.165, 1.54) is 0 Å². The predicted octanol–water partition coefficient (Wildman–Crippen LogP) is 3.23. The zero-order valence-electron chi connectivity index (χ0n) is 10.8. The summed E-state index contributed by atoms with van der Waals surface area (Å²) in [5.41, 5.74) is 1.69. The van der Waals surface area contributed by atoms with Crippen LogP contribution in [0.2, 0.25) is 0 Å². The molecule has 0 unspecified atom stereocenters. The topological polar surface area (TPSA) is 39.2 Å².